The highest BCUT2D eigenvalue weighted by Gasteiger charge is 2.35. The third kappa shape index (κ3) is 3.04. The third-order valence-electron chi connectivity index (χ3n) is 4.18. The van der Waals surface area contributed by atoms with Crippen molar-refractivity contribution in [2.24, 2.45) is 0 Å². The van der Waals surface area contributed by atoms with Crippen molar-refractivity contribution in [3.63, 3.8) is 0 Å². The predicted molar refractivity (Wildman–Crippen MR) is 81.3 cm³/mol. The Balaban J connectivity index is 1.72. The first-order valence-corrected chi connectivity index (χ1v) is 8.45. The Hall–Kier alpha value is -0.940. The quantitative estimate of drug-likeness (QED) is 0.928. The number of hydrogen-bond donors (Lipinski definition) is 1. The van der Waals surface area contributed by atoms with Gasteiger partial charge in [-0.3, -0.25) is 4.79 Å². The summed E-state index contributed by atoms with van der Waals surface area (Å²) in [6, 6.07) is 0.940. The lowest BCUT2D eigenvalue weighted by Crippen LogP contribution is -2.46. The smallest absolute Gasteiger partial charge is 0.266 e. The Morgan fingerprint density at radius 2 is 2.15 bits per heavy atom. The average molecular weight is 293 g/mol. The van der Waals surface area contributed by atoms with Gasteiger partial charge < -0.3 is 10.2 Å². The topological polar surface area (TPSA) is 45.2 Å². The highest BCUT2D eigenvalue weighted by atomic mass is 32.1. The highest BCUT2D eigenvalue weighted by molar-refractivity contribution is 7.13. The number of piperidine rings is 1. The van der Waals surface area contributed by atoms with E-state index >= 15 is 0 Å². The number of thiazole rings is 1. The molecule has 1 atom stereocenters. The van der Waals surface area contributed by atoms with Crippen LogP contribution in [-0.2, 0) is 0 Å². The second-order valence-corrected chi connectivity index (χ2v) is 7.19. The Labute approximate surface area is 124 Å². The van der Waals surface area contributed by atoms with Crippen LogP contribution in [-0.4, -0.2) is 41.0 Å². The van der Waals surface area contributed by atoms with Gasteiger partial charge in [-0.1, -0.05) is 6.42 Å². The van der Waals surface area contributed by atoms with Crippen molar-refractivity contribution in [3.8, 4) is 0 Å². The molecule has 1 aromatic heterocycles. The molecule has 1 saturated heterocycles. The number of carbonyl (C=O) groups is 1. The fraction of sp³-hybridized carbons (Fsp3) is 0.733. The van der Waals surface area contributed by atoms with Gasteiger partial charge in [-0.2, -0.15) is 0 Å². The number of rotatable bonds is 4. The molecule has 4 nitrogen and oxygen atoms in total. The monoisotopic (exact) mass is 293 g/mol. The molecule has 1 aromatic rings. The van der Waals surface area contributed by atoms with Crippen molar-refractivity contribution in [2.75, 3.05) is 13.1 Å². The van der Waals surface area contributed by atoms with Crippen LogP contribution in [0.5, 0.6) is 0 Å². The zero-order valence-corrected chi connectivity index (χ0v) is 13.1. The standard InChI is InChI=1S/C15H23N3OS/c1-10-14(20-11(2)17-10)15(19)18(13-6-7-13)9-12-5-3-4-8-16-12/h12-13,16H,3-9H2,1-2H3. The predicted octanol–water partition coefficient (Wildman–Crippen LogP) is 2.51. The van der Waals surface area contributed by atoms with Gasteiger partial charge in [-0.25, -0.2) is 4.98 Å². The summed E-state index contributed by atoms with van der Waals surface area (Å²) in [6.07, 6.45) is 6.06. The molecule has 2 fully saturated rings. The summed E-state index contributed by atoms with van der Waals surface area (Å²) in [5.74, 6) is 0.197. The van der Waals surface area contributed by atoms with E-state index in [9.17, 15) is 4.79 Å². The lowest BCUT2D eigenvalue weighted by molar-refractivity contribution is 0.0722. The average Bonchev–Trinajstić information content (AvgIpc) is 3.22. The molecule has 20 heavy (non-hydrogen) atoms. The molecule has 0 aromatic carbocycles. The molecule has 2 aliphatic rings. The maximum absolute atomic E-state index is 12.8. The Kier molecular flexibility index (Phi) is 4.08. The van der Waals surface area contributed by atoms with Crippen LogP contribution in [0.25, 0.3) is 0 Å². The van der Waals surface area contributed by atoms with Crippen LogP contribution in [0.4, 0.5) is 0 Å². The number of aryl methyl sites for hydroxylation is 2. The fourth-order valence-corrected chi connectivity index (χ4v) is 3.84. The van der Waals surface area contributed by atoms with E-state index < -0.39 is 0 Å². The summed E-state index contributed by atoms with van der Waals surface area (Å²) < 4.78 is 0. The van der Waals surface area contributed by atoms with Gasteiger partial charge in [0.1, 0.15) is 4.88 Å². The van der Waals surface area contributed by atoms with Crippen LogP contribution in [0.1, 0.15) is 52.5 Å². The van der Waals surface area contributed by atoms with E-state index in [4.69, 9.17) is 0 Å². The van der Waals surface area contributed by atoms with Crippen LogP contribution in [0, 0.1) is 13.8 Å². The van der Waals surface area contributed by atoms with E-state index in [1.807, 2.05) is 13.8 Å². The van der Waals surface area contributed by atoms with Crippen molar-refractivity contribution in [2.45, 2.75) is 58.0 Å². The van der Waals surface area contributed by atoms with Gasteiger partial charge in [-0.15, -0.1) is 11.3 Å². The minimum atomic E-state index is 0.197. The molecule has 1 amide bonds. The SMILES string of the molecule is Cc1nc(C)c(C(=O)N(CC2CCCCN2)C2CC2)s1. The van der Waals surface area contributed by atoms with Gasteiger partial charge in [0.25, 0.3) is 5.91 Å². The van der Waals surface area contributed by atoms with E-state index in [1.165, 1.54) is 30.6 Å². The molecule has 1 aliphatic carbocycles. The number of hydrogen-bond acceptors (Lipinski definition) is 4. The number of aromatic nitrogens is 1. The molecule has 0 radical (unpaired) electrons. The molecule has 3 rings (SSSR count). The number of nitrogens with one attached hydrogen (secondary N) is 1. The first-order chi connectivity index (χ1) is 9.65. The summed E-state index contributed by atoms with van der Waals surface area (Å²) in [5, 5.41) is 4.54. The van der Waals surface area contributed by atoms with Crippen LogP contribution in [0.15, 0.2) is 0 Å². The minimum absolute atomic E-state index is 0.197. The Bertz CT molecular complexity index is 489. The summed E-state index contributed by atoms with van der Waals surface area (Å²) >= 11 is 1.54. The fourth-order valence-electron chi connectivity index (χ4n) is 2.96. The first-order valence-electron chi connectivity index (χ1n) is 7.63. The van der Waals surface area contributed by atoms with Gasteiger partial charge in [0.15, 0.2) is 0 Å². The minimum Gasteiger partial charge on any atom is -0.333 e. The van der Waals surface area contributed by atoms with E-state index in [1.54, 1.807) is 0 Å². The summed E-state index contributed by atoms with van der Waals surface area (Å²) in [6.45, 7) is 5.87. The van der Waals surface area contributed by atoms with Crippen molar-refractivity contribution >= 4 is 17.2 Å². The van der Waals surface area contributed by atoms with E-state index in [0.717, 1.165) is 41.5 Å². The summed E-state index contributed by atoms with van der Waals surface area (Å²) in [7, 11) is 0. The summed E-state index contributed by atoms with van der Waals surface area (Å²) in [5.41, 5.74) is 0.889. The van der Waals surface area contributed by atoms with E-state index in [-0.39, 0.29) is 5.91 Å². The number of amides is 1. The molecule has 0 bridgehead atoms. The van der Waals surface area contributed by atoms with E-state index in [0.29, 0.717) is 12.1 Å². The van der Waals surface area contributed by atoms with Crippen LogP contribution >= 0.6 is 11.3 Å². The van der Waals surface area contributed by atoms with Crippen LogP contribution in [0.2, 0.25) is 0 Å². The van der Waals surface area contributed by atoms with Crippen molar-refractivity contribution < 1.29 is 4.79 Å². The number of carbonyl (C=O) groups excluding carboxylic acids is 1. The van der Waals surface area contributed by atoms with Crippen molar-refractivity contribution in [1.82, 2.24) is 15.2 Å². The Morgan fingerprint density at radius 3 is 2.70 bits per heavy atom. The lowest BCUT2D eigenvalue weighted by atomic mass is 10.0. The van der Waals surface area contributed by atoms with E-state index in [2.05, 4.69) is 15.2 Å². The van der Waals surface area contributed by atoms with Gasteiger partial charge in [0.05, 0.1) is 10.7 Å². The molecule has 1 unspecified atom stereocenters. The first kappa shape index (κ1) is 14.0. The molecule has 2 heterocycles. The van der Waals surface area contributed by atoms with Crippen LogP contribution < -0.4 is 5.32 Å². The third-order valence-corrected chi connectivity index (χ3v) is 5.24. The van der Waals surface area contributed by atoms with Crippen LogP contribution in [0.3, 0.4) is 0 Å². The lowest BCUT2D eigenvalue weighted by Gasteiger charge is -2.30. The second kappa shape index (κ2) is 5.82. The molecule has 5 heteroatoms. The molecule has 110 valence electrons. The normalized spacial score (nSPS) is 22.8. The van der Waals surface area contributed by atoms with Crippen molar-refractivity contribution in [1.29, 1.82) is 0 Å². The van der Waals surface area contributed by atoms with Crippen molar-refractivity contribution in [3.05, 3.63) is 15.6 Å². The van der Waals surface area contributed by atoms with Gasteiger partial charge in [0, 0.05) is 18.6 Å². The molecular weight excluding hydrogens is 270 g/mol. The van der Waals surface area contributed by atoms with Gasteiger partial charge in [-0.05, 0) is 46.1 Å². The zero-order valence-electron chi connectivity index (χ0n) is 12.3. The highest BCUT2D eigenvalue weighted by Crippen LogP contribution is 2.31. The molecule has 1 saturated carbocycles. The second-order valence-electron chi connectivity index (χ2n) is 5.98. The maximum Gasteiger partial charge on any atom is 0.266 e. The molecular formula is C15H23N3OS. The zero-order chi connectivity index (χ0) is 14.1. The summed E-state index contributed by atoms with van der Waals surface area (Å²) in [4.78, 5) is 20.1. The molecule has 0 spiro atoms. The maximum atomic E-state index is 12.8. The molecule has 1 aliphatic heterocycles. The molecule has 1 N–H and O–H groups in total. The number of nitrogens with zero attached hydrogens (tertiary/aromatic N) is 2. The van der Waals surface area contributed by atoms with Gasteiger partial charge in [0.2, 0.25) is 0 Å². The van der Waals surface area contributed by atoms with Gasteiger partial charge >= 0.3 is 0 Å². The Morgan fingerprint density at radius 1 is 1.35 bits per heavy atom. The largest absolute Gasteiger partial charge is 0.333 e.